The van der Waals surface area contributed by atoms with Gasteiger partial charge in [0.2, 0.25) is 0 Å². The third-order valence-electron chi connectivity index (χ3n) is 4.51. The second kappa shape index (κ2) is 5.48. The lowest BCUT2D eigenvalue weighted by molar-refractivity contribution is 0.0731. The normalized spacial score (nSPS) is 22.1. The summed E-state index contributed by atoms with van der Waals surface area (Å²) in [5, 5.41) is 9.69. The molecule has 0 spiro atoms. The predicted molar refractivity (Wildman–Crippen MR) is 81.0 cm³/mol. The van der Waals surface area contributed by atoms with E-state index in [9.17, 15) is 9.90 Å². The first-order valence-electron chi connectivity index (χ1n) is 7.51. The Labute approximate surface area is 124 Å². The smallest absolute Gasteiger partial charge is 0.257 e. The van der Waals surface area contributed by atoms with Crippen LogP contribution >= 0.6 is 0 Å². The lowest BCUT2D eigenvalue weighted by Gasteiger charge is -2.26. The summed E-state index contributed by atoms with van der Waals surface area (Å²) in [7, 11) is 0. The Hall–Kier alpha value is -1.88. The highest BCUT2D eigenvalue weighted by molar-refractivity contribution is 6.05. The van der Waals surface area contributed by atoms with Crippen molar-refractivity contribution in [1.29, 1.82) is 0 Å². The van der Waals surface area contributed by atoms with E-state index in [1.54, 1.807) is 12.4 Å². The van der Waals surface area contributed by atoms with E-state index in [1.807, 2.05) is 17.0 Å². The summed E-state index contributed by atoms with van der Waals surface area (Å²) in [4.78, 5) is 22.0. The second-order valence-corrected chi connectivity index (χ2v) is 5.99. The van der Waals surface area contributed by atoms with Crippen LogP contribution in [0.2, 0.25) is 0 Å². The number of hydrogen-bond donors (Lipinski definition) is 2. The molecule has 21 heavy (non-hydrogen) atoms. The predicted octanol–water partition coefficient (Wildman–Crippen LogP) is 2.19. The maximum atomic E-state index is 12.7. The highest BCUT2D eigenvalue weighted by atomic mass is 16.3. The molecule has 1 aliphatic heterocycles. The van der Waals surface area contributed by atoms with Gasteiger partial charge in [-0.05, 0) is 25.0 Å². The van der Waals surface area contributed by atoms with E-state index in [4.69, 9.17) is 0 Å². The van der Waals surface area contributed by atoms with E-state index in [0.717, 1.165) is 30.3 Å². The van der Waals surface area contributed by atoms with Crippen molar-refractivity contribution in [3.63, 3.8) is 0 Å². The highest BCUT2D eigenvalue weighted by Crippen LogP contribution is 2.35. The van der Waals surface area contributed by atoms with Gasteiger partial charge in [-0.1, -0.05) is 13.3 Å². The van der Waals surface area contributed by atoms with Crippen LogP contribution in [-0.4, -0.2) is 45.6 Å². The van der Waals surface area contributed by atoms with Crippen LogP contribution in [0, 0.1) is 5.41 Å². The van der Waals surface area contributed by atoms with Gasteiger partial charge < -0.3 is 15.0 Å². The Morgan fingerprint density at radius 1 is 1.57 bits per heavy atom. The van der Waals surface area contributed by atoms with E-state index in [1.165, 1.54) is 0 Å². The van der Waals surface area contributed by atoms with E-state index >= 15 is 0 Å². The summed E-state index contributed by atoms with van der Waals surface area (Å²) in [5.41, 5.74) is 2.10. The van der Waals surface area contributed by atoms with Crippen LogP contribution in [0.3, 0.4) is 0 Å². The number of carbonyl (C=O) groups is 1. The van der Waals surface area contributed by atoms with Crippen LogP contribution in [-0.2, 0) is 0 Å². The van der Waals surface area contributed by atoms with Gasteiger partial charge in [0.05, 0.1) is 17.7 Å². The number of carbonyl (C=O) groups excluding carboxylic acids is 1. The number of rotatable bonds is 4. The van der Waals surface area contributed by atoms with Gasteiger partial charge in [0, 0.05) is 30.9 Å². The zero-order chi connectivity index (χ0) is 14.9. The molecule has 112 valence electrons. The average Bonchev–Trinajstić information content (AvgIpc) is 3.12. The largest absolute Gasteiger partial charge is 0.396 e. The van der Waals surface area contributed by atoms with Gasteiger partial charge in [-0.25, -0.2) is 0 Å². The van der Waals surface area contributed by atoms with Crippen LogP contribution in [0.4, 0.5) is 0 Å². The molecule has 2 aromatic heterocycles. The molecule has 0 saturated carbocycles. The number of aliphatic hydroxyl groups is 1. The Kier molecular flexibility index (Phi) is 3.68. The van der Waals surface area contributed by atoms with Gasteiger partial charge >= 0.3 is 0 Å². The minimum atomic E-state index is -0.121. The summed E-state index contributed by atoms with van der Waals surface area (Å²) >= 11 is 0. The average molecular weight is 287 g/mol. The summed E-state index contributed by atoms with van der Waals surface area (Å²) in [5.74, 6) is 0.00591. The van der Waals surface area contributed by atoms with Crippen molar-refractivity contribution in [2.24, 2.45) is 5.41 Å². The van der Waals surface area contributed by atoms with Gasteiger partial charge in [0.25, 0.3) is 5.91 Å². The van der Waals surface area contributed by atoms with Crippen molar-refractivity contribution in [3.8, 4) is 0 Å². The van der Waals surface area contributed by atoms with Crippen LogP contribution in [0.1, 0.15) is 36.5 Å². The number of aromatic amines is 1. The fourth-order valence-electron chi connectivity index (χ4n) is 3.34. The first-order chi connectivity index (χ1) is 10.2. The minimum Gasteiger partial charge on any atom is -0.396 e. The number of fused-ring (bicyclic) bond motifs is 1. The molecule has 1 saturated heterocycles. The number of aromatic nitrogens is 2. The topological polar surface area (TPSA) is 69.2 Å². The quantitative estimate of drug-likeness (QED) is 0.905. The molecule has 0 bridgehead atoms. The SMILES string of the molecule is CCCC1(CO)CCN(C(=O)c2c[nH]c3cccnc23)C1. The number of amides is 1. The molecule has 2 aromatic rings. The number of likely N-dealkylation sites (tertiary alicyclic amines) is 1. The van der Waals surface area contributed by atoms with Gasteiger partial charge in [-0.15, -0.1) is 0 Å². The third-order valence-corrected chi connectivity index (χ3v) is 4.51. The fraction of sp³-hybridized carbons (Fsp3) is 0.500. The fourth-order valence-corrected chi connectivity index (χ4v) is 3.34. The zero-order valence-corrected chi connectivity index (χ0v) is 12.3. The number of H-pyrrole nitrogens is 1. The van der Waals surface area contributed by atoms with Crippen LogP contribution in [0.15, 0.2) is 24.5 Å². The first kappa shape index (κ1) is 14.1. The summed E-state index contributed by atoms with van der Waals surface area (Å²) in [6.45, 7) is 3.61. The van der Waals surface area contributed by atoms with Crippen molar-refractivity contribution < 1.29 is 9.90 Å². The molecule has 1 unspecified atom stereocenters. The Bertz CT molecular complexity index is 652. The molecule has 2 N–H and O–H groups in total. The minimum absolute atomic E-state index is 0.00591. The molecule has 0 radical (unpaired) electrons. The molecule has 5 heteroatoms. The van der Waals surface area contributed by atoms with Gasteiger partial charge in [-0.3, -0.25) is 9.78 Å². The monoisotopic (exact) mass is 287 g/mol. The van der Waals surface area contributed by atoms with Gasteiger partial charge in [0.1, 0.15) is 5.52 Å². The number of pyridine rings is 1. The number of nitrogens with one attached hydrogen (secondary N) is 1. The molecular formula is C16H21N3O2. The lowest BCUT2D eigenvalue weighted by atomic mass is 9.83. The summed E-state index contributed by atoms with van der Waals surface area (Å²) in [6.07, 6.45) is 6.29. The Balaban J connectivity index is 1.83. The van der Waals surface area contributed by atoms with Crippen molar-refractivity contribution in [2.45, 2.75) is 26.2 Å². The van der Waals surface area contributed by atoms with Crippen LogP contribution in [0.5, 0.6) is 0 Å². The lowest BCUT2D eigenvalue weighted by Crippen LogP contribution is -2.34. The maximum Gasteiger partial charge on any atom is 0.257 e. The zero-order valence-electron chi connectivity index (χ0n) is 12.3. The van der Waals surface area contributed by atoms with Gasteiger partial charge in [0.15, 0.2) is 0 Å². The van der Waals surface area contributed by atoms with Crippen molar-refractivity contribution >= 4 is 16.9 Å². The molecule has 5 nitrogen and oxygen atoms in total. The molecule has 1 amide bonds. The summed E-state index contributed by atoms with van der Waals surface area (Å²) < 4.78 is 0. The Morgan fingerprint density at radius 2 is 2.43 bits per heavy atom. The molecule has 1 fully saturated rings. The van der Waals surface area contributed by atoms with Gasteiger partial charge in [-0.2, -0.15) is 0 Å². The highest BCUT2D eigenvalue weighted by Gasteiger charge is 2.39. The number of aliphatic hydroxyl groups excluding tert-OH is 1. The van der Waals surface area contributed by atoms with E-state index in [-0.39, 0.29) is 17.9 Å². The molecule has 0 aliphatic carbocycles. The molecule has 3 rings (SSSR count). The van der Waals surface area contributed by atoms with E-state index < -0.39 is 0 Å². The van der Waals surface area contributed by atoms with E-state index in [2.05, 4.69) is 16.9 Å². The third kappa shape index (κ3) is 2.42. The molecule has 3 heterocycles. The standard InChI is InChI=1S/C16H21N3O2/c1-2-5-16(11-20)6-8-19(10-16)15(21)12-9-18-13-4-3-7-17-14(12)13/h3-4,7,9,18,20H,2,5-6,8,10-11H2,1H3. The van der Waals surface area contributed by atoms with E-state index in [0.29, 0.717) is 18.7 Å². The number of nitrogens with zero attached hydrogens (tertiary/aromatic N) is 2. The molecule has 1 atom stereocenters. The van der Waals surface area contributed by atoms with Crippen LogP contribution < -0.4 is 0 Å². The molecule has 0 aromatic carbocycles. The van der Waals surface area contributed by atoms with Crippen LogP contribution in [0.25, 0.3) is 11.0 Å². The first-order valence-corrected chi connectivity index (χ1v) is 7.51. The maximum absolute atomic E-state index is 12.7. The van der Waals surface area contributed by atoms with Crippen molar-refractivity contribution in [3.05, 3.63) is 30.1 Å². The molecule has 1 aliphatic rings. The van der Waals surface area contributed by atoms with Crippen molar-refractivity contribution in [1.82, 2.24) is 14.9 Å². The molecular weight excluding hydrogens is 266 g/mol. The summed E-state index contributed by atoms with van der Waals surface area (Å²) in [6, 6.07) is 3.76. The Morgan fingerprint density at radius 3 is 3.19 bits per heavy atom. The second-order valence-electron chi connectivity index (χ2n) is 5.99. The number of hydrogen-bond acceptors (Lipinski definition) is 3. The van der Waals surface area contributed by atoms with Crippen molar-refractivity contribution in [2.75, 3.05) is 19.7 Å².